The van der Waals surface area contributed by atoms with Crippen molar-refractivity contribution in [3.63, 3.8) is 0 Å². The van der Waals surface area contributed by atoms with Crippen molar-refractivity contribution >= 4 is 34.1 Å². The van der Waals surface area contributed by atoms with E-state index >= 15 is 0 Å². The molecule has 321 valence electrons. The molecule has 0 fully saturated rings. The molecule has 0 amide bonds. The van der Waals surface area contributed by atoms with Gasteiger partial charge in [0.1, 0.15) is 11.4 Å². The van der Waals surface area contributed by atoms with Gasteiger partial charge >= 0.3 is 11.4 Å². The van der Waals surface area contributed by atoms with Gasteiger partial charge in [0.25, 0.3) is 0 Å². The van der Waals surface area contributed by atoms with Gasteiger partial charge in [-0.3, -0.25) is 20.2 Å². The number of nitrogens with zero attached hydrogens (tertiary/aromatic N) is 10. The van der Waals surface area contributed by atoms with Gasteiger partial charge in [-0.15, -0.1) is 20.5 Å². The fourth-order valence-corrected chi connectivity index (χ4v) is 5.78. The Labute approximate surface area is 361 Å². The first-order chi connectivity index (χ1) is 28.3. The molecule has 0 unspecified atom stereocenters. The number of nitro groups is 2. The molecule has 0 bridgehead atoms. The Hall–Kier alpha value is -6.99. The van der Waals surface area contributed by atoms with E-state index in [0.29, 0.717) is 33.9 Å². The van der Waals surface area contributed by atoms with Crippen LogP contribution >= 0.6 is 0 Å². The number of phenolic OH excluding ortho intramolecular Hbond substituents is 2. The van der Waals surface area contributed by atoms with Gasteiger partial charge < -0.3 is 20.4 Å². The van der Waals surface area contributed by atoms with Gasteiger partial charge in [0, 0.05) is 28.9 Å². The molecule has 0 aliphatic carbocycles. The summed E-state index contributed by atoms with van der Waals surface area (Å²) in [4.78, 5) is 21.5. The maximum atomic E-state index is 11.4. The average molecular weight is 878 g/mol. The van der Waals surface area contributed by atoms with Gasteiger partial charge in [0.15, 0.2) is 11.4 Å². The molecular weight excluding hydrogens is 831 g/mol. The van der Waals surface area contributed by atoms with E-state index < -0.39 is 32.7 Å². The van der Waals surface area contributed by atoms with Crippen molar-refractivity contribution in [3.05, 3.63) is 128 Å². The van der Waals surface area contributed by atoms with Crippen LogP contribution in [0.25, 0.3) is 11.4 Å². The first-order valence-electron chi connectivity index (χ1n) is 18.9. The molecule has 0 saturated carbocycles. The number of hydrogen-bond acceptors (Lipinski definition) is 14. The van der Waals surface area contributed by atoms with Crippen LogP contribution in [0.1, 0.15) is 76.9 Å². The zero-order valence-electron chi connectivity index (χ0n) is 34.7. The minimum absolute atomic E-state index is 0. The molecule has 4 N–H and O–H groups in total. The van der Waals surface area contributed by atoms with Gasteiger partial charge in [-0.25, -0.2) is 0 Å². The van der Waals surface area contributed by atoms with Crippen LogP contribution < -0.4 is 0 Å². The summed E-state index contributed by atoms with van der Waals surface area (Å²) in [5.74, 6) is -1.60. The van der Waals surface area contributed by atoms with Crippen LogP contribution in [0.3, 0.4) is 0 Å². The number of rotatable bonds is 12. The number of aromatic nitrogens is 4. The quantitative estimate of drug-likeness (QED) is 0.0514. The zero-order chi connectivity index (χ0) is 44.1. The van der Waals surface area contributed by atoms with Gasteiger partial charge in [-0.2, -0.15) is 19.6 Å². The molecule has 61 heavy (non-hydrogen) atoms. The SMILES string of the molecule is CCC(C)(C)c1cc(N=Nc2c(C)nn(-c3ccccc3)c2O)c(O)c([N+](=O)[O-])c1.CCC(C)(C)c1cc(N=Nc2c(C)nn(-c3ccccc3)c2O)c(O)c([N+](=O)[O-])c1.[Co]. The number of aryl methyl sites for hydroxylation is 2. The number of phenols is 2. The summed E-state index contributed by atoms with van der Waals surface area (Å²) in [5.41, 5.74) is 1.95. The van der Waals surface area contributed by atoms with E-state index in [-0.39, 0.29) is 62.1 Å². The van der Waals surface area contributed by atoms with E-state index in [0.717, 1.165) is 12.8 Å². The monoisotopic (exact) mass is 877 g/mol. The van der Waals surface area contributed by atoms with Crippen LogP contribution in [0.4, 0.5) is 34.1 Å². The summed E-state index contributed by atoms with van der Waals surface area (Å²) in [6, 6.07) is 23.9. The van der Waals surface area contributed by atoms with E-state index in [1.54, 1.807) is 50.2 Å². The van der Waals surface area contributed by atoms with Crippen molar-refractivity contribution in [2.24, 2.45) is 20.5 Å². The van der Waals surface area contributed by atoms with Crippen LogP contribution in [0.15, 0.2) is 105 Å². The van der Waals surface area contributed by atoms with Crippen molar-refractivity contribution < 1.29 is 47.1 Å². The Morgan fingerprint density at radius 2 is 0.918 bits per heavy atom. The largest absolute Gasteiger partial charge is 0.501 e. The number of azo groups is 2. The minimum atomic E-state index is -0.653. The molecule has 4 aromatic carbocycles. The summed E-state index contributed by atoms with van der Waals surface area (Å²) < 4.78 is 2.64. The zero-order valence-corrected chi connectivity index (χ0v) is 35.8. The summed E-state index contributed by atoms with van der Waals surface area (Å²) in [6.07, 6.45) is 1.46. The molecule has 6 rings (SSSR count). The predicted molar refractivity (Wildman–Crippen MR) is 224 cm³/mol. The Bertz CT molecular complexity index is 2430. The molecule has 19 heteroatoms. The van der Waals surface area contributed by atoms with E-state index in [1.807, 2.05) is 77.9 Å². The van der Waals surface area contributed by atoms with Crippen LogP contribution in [0.2, 0.25) is 0 Å². The van der Waals surface area contributed by atoms with Crippen molar-refractivity contribution in [1.82, 2.24) is 19.6 Å². The molecule has 0 aliphatic heterocycles. The Kier molecular flexibility index (Phi) is 14.5. The van der Waals surface area contributed by atoms with Crippen molar-refractivity contribution in [1.29, 1.82) is 0 Å². The summed E-state index contributed by atoms with van der Waals surface area (Å²) >= 11 is 0. The fourth-order valence-electron chi connectivity index (χ4n) is 5.78. The fraction of sp³-hybridized carbons (Fsp3) is 0.286. The smallest absolute Gasteiger partial charge is 0.313 e. The molecule has 2 aromatic heterocycles. The molecule has 0 aliphatic rings. The van der Waals surface area contributed by atoms with E-state index in [4.69, 9.17) is 0 Å². The van der Waals surface area contributed by atoms with E-state index in [2.05, 4.69) is 30.7 Å². The van der Waals surface area contributed by atoms with Crippen molar-refractivity contribution in [3.8, 4) is 34.6 Å². The maximum absolute atomic E-state index is 11.4. The van der Waals surface area contributed by atoms with Gasteiger partial charge in [0.05, 0.1) is 32.6 Å². The van der Waals surface area contributed by atoms with Crippen molar-refractivity contribution in [2.45, 2.75) is 79.1 Å². The van der Waals surface area contributed by atoms with E-state index in [9.17, 15) is 40.7 Å². The van der Waals surface area contributed by atoms with Crippen LogP contribution in [-0.4, -0.2) is 49.8 Å². The Balaban J connectivity index is 0.000000264. The summed E-state index contributed by atoms with van der Waals surface area (Å²) in [5, 5.41) is 89.3. The Morgan fingerprint density at radius 3 is 1.21 bits per heavy atom. The third-order valence-corrected chi connectivity index (χ3v) is 10.4. The molecule has 0 atom stereocenters. The van der Waals surface area contributed by atoms with Gasteiger partial charge in [0.2, 0.25) is 23.3 Å². The molecular formula is C42H46CoN10O8. The molecule has 18 nitrogen and oxygen atoms in total. The second-order valence-electron chi connectivity index (χ2n) is 15.1. The standard InChI is InChI=1S/2C21H23N5O4.Co/c2*1-5-21(3,4)14-11-16(19(27)17(12-14)26(29)30)22-23-18-13(2)24-25(20(18)28)15-9-7-6-8-10-15;/h2*6-12,27-28H,5H2,1-4H3;. The van der Waals surface area contributed by atoms with Crippen molar-refractivity contribution in [2.75, 3.05) is 0 Å². The third-order valence-electron chi connectivity index (χ3n) is 10.4. The van der Waals surface area contributed by atoms with Crippen LogP contribution in [-0.2, 0) is 27.6 Å². The first-order valence-corrected chi connectivity index (χ1v) is 18.9. The third kappa shape index (κ3) is 10.1. The number of para-hydroxylation sites is 2. The number of aromatic hydroxyl groups is 4. The van der Waals surface area contributed by atoms with Crippen LogP contribution in [0.5, 0.6) is 23.3 Å². The van der Waals surface area contributed by atoms with Crippen LogP contribution in [0, 0.1) is 34.1 Å². The second kappa shape index (κ2) is 18.9. The minimum Gasteiger partial charge on any atom is -0.501 e. The van der Waals surface area contributed by atoms with Gasteiger partial charge in [-0.1, -0.05) is 77.9 Å². The summed E-state index contributed by atoms with van der Waals surface area (Å²) in [7, 11) is 0. The number of benzene rings is 4. The second-order valence-corrected chi connectivity index (χ2v) is 15.1. The average Bonchev–Trinajstić information content (AvgIpc) is 3.68. The molecule has 1 radical (unpaired) electrons. The van der Waals surface area contributed by atoms with Gasteiger partial charge in [-0.05, 0) is 85.0 Å². The Morgan fingerprint density at radius 1 is 0.590 bits per heavy atom. The predicted octanol–water partition coefficient (Wildman–Crippen LogP) is 11.2. The topological polar surface area (TPSA) is 252 Å². The molecule has 2 heterocycles. The molecule has 0 spiro atoms. The number of nitro benzene ring substituents is 2. The summed E-state index contributed by atoms with van der Waals surface area (Å²) in [6.45, 7) is 15.1. The molecule has 0 saturated heterocycles. The first kappa shape index (κ1) is 46.7. The normalized spacial score (nSPS) is 11.7. The molecule has 6 aromatic rings. The number of hydrogen-bond donors (Lipinski definition) is 4. The maximum Gasteiger partial charge on any atom is 0.313 e. The van der Waals surface area contributed by atoms with E-state index in [1.165, 1.54) is 21.5 Å².